The van der Waals surface area contributed by atoms with Gasteiger partial charge in [-0.05, 0) is 19.3 Å². The molecule has 2 N–H and O–H groups in total. The van der Waals surface area contributed by atoms with Crippen LogP contribution in [-0.4, -0.2) is 41.5 Å². The maximum absolute atomic E-state index is 14.5. The van der Waals surface area contributed by atoms with Gasteiger partial charge in [-0.1, -0.05) is 0 Å². The first-order chi connectivity index (χ1) is 10.4. The molecule has 1 aromatic rings. The molecule has 1 amide bonds. The van der Waals surface area contributed by atoms with Crippen molar-refractivity contribution in [3.05, 3.63) is 11.3 Å². The SMILES string of the molecule is CC(=O)Nn1nc(N2CCNCC2C)c2c1C(F)(F)[C@@H]1C[C@H]21. The second kappa shape index (κ2) is 4.41. The molecule has 1 saturated heterocycles. The second-order valence-corrected chi connectivity index (χ2v) is 6.48. The van der Waals surface area contributed by atoms with Gasteiger partial charge in [-0.25, -0.2) is 5.43 Å². The van der Waals surface area contributed by atoms with Crippen LogP contribution in [0, 0.1) is 5.92 Å². The third kappa shape index (κ3) is 1.79. The van der Waals surface area contributed by atoms with Gasteiger partial charge in [-0.2, -0.15) is 13.6 Å². The number of nitrogens with one attached hydrogen (secondary N) is 2. The number of carbonyl (C=O) groups is 1. The first-order valence-corrected chi connectivity index (χ1v) is 7.67. The van der Waals surface area contributed by atoms with E-state index in [-0.39, 0.29) is 17.7 Å². The van der Waals surface area contributed by atoms with E-state index < -0.39 is 17.7 Å². The van der Waals surface area contributed by atoms with E-state index in [0.29, 0.717) is 17.8 Å². The highest BCUT2D eigenvalue weighted by atomic mass is 19.3. The maximum Gasteiger partial charge on any atom is 0.295 e. The Morgan fingerprint density at radius 2 is 2.27 bits per heavy atom. The van der Waals surface area contributed by atoms with Crippen LogP contribution in [0.2, 0.25) is 0 Å². The van der Waals surface area contributed by atoms with Crippen molar-refractivity contribution in [2.45, 2.75) is 38.2 Å². The number of nitrogens with zero attached hydrogens (tertiary/aromatic N) is 3. The molecule has 0 spiro atoms. The van der Waals surface area contributed by atoms with Crippen molar-refractivity contribution in [3.63, 3.8) is 0 Å². The van der Waals surface area contributed by atoms with Crippen LogP contribution in [0.25, 0.3) is 0 Å². The van der Waals surface area contributed by atoms with Crippen molar-refractivity contribution in [1.82, 2.24) is 15.2 Å². The Labute approximate surface area is 126 Å². The zero-order valence-corrected chi connectivity index (χ0v) is 12.6. The Hall–Kier alpha value is -1.70. The summed E-state index contributed by atoms with van der Waals surface area (Å²) in [5.74, 6) is -3.45. The highest BCUT2D eigenvalue weighted by Gasteiger charge is 2.67. The highest BCUT2D eigenvalue weighted by Crippen LogP contribution is 2.68. The Kier molecular flexibility index (Phi) is 2.79. The number of hydrogen-bond donors (Lipinski definition) is 2. The van der Waals surface area contributed by atoms with Gasteiger partial charge in [0.1, 0.15) is 5.69 Å². The summed E-state index contributed by atoms with van der Waals surface area (Å²) in [6.45, 7) is 5.68. The topological polar surface area (TPSA) is 62.2 Å². The maximum atomic E-state index is 14.5. The Morgan fingerprint density at radius 3 is 2.95 bits per heavy atom. The van der Waals surface area contributed by atoms with Gasteiger partial charge < -0.3 is 10.2 Å². The molecule has 3 aliphatic rings. The minimum Gasteiger partial charge on any atom is -0.350 e. The predicted molar refractivity (Wildman–Crippen MR) is 76.7 cm³/mol. The van der Waals surface area contributed by atoms with Crippen LogP contribution >= 0.6 is 0 Å². The van der Waals surface area contributed by atoms with Gasteiger partial charge in [0.25, 0.3) is 5.92 Å². The van der Waals surface area contributed by atoms with Crippen molar-refractivity contribution < 1.29 is 13.6 Å². The fraction of sp³-hybridized carbons (Fsp3) is 0.714. The van der Waals surface area contributed by atoms with Crippen LogP contribution in [0.4, 0.5) is 14.6 Å². The van der Waals surface area contributed by atoms with Gasteiger partial charge in [0.2, 0.25) is 5.91 Å². The van der Waals surface area contributed by atoms with E-state index in [1.807, 2.05) is 6.92 Å². The lowest BCUT2D eigenvalue weighted by Crippen LogP contribution is -2.50. The predicted octanol–water partition coefficient (Wildman–Crippen LogP) is 0.980. The molecule has 1 aromatic heterocycles. The molecule has 0 radical (unpaired) electrons. The Morgan fingerprint density at radius 1 is 1.50 bits per heavy atom. The molecule has 3 atom stereocenters. The third-order valence-corrected chi connectivity index (χ3v) is 4.88. The van der Waals surface area contributed by atoms with E-state index in [1.54, 1.807) is 0 Å². The molecule has 6 nitrogen and oxygen atoms in total. The smallest absolute Gasteiger partial charge is 0.295 e. The average Bonchev–Trinajstić information content (AvgIpc) is 3.10. The standard InChI is InChI=1S/C14H19F2N5O/c1-7-6-17-3-4-20(7)13-11-9-5-10(9)14(15,16)12(11)21(19-13)18-8(2)22/h7,9-10,17H,3-6H2,1-2H3,(H,18,22)/t7?,9-,10+/m0/s1. The summed E-state index contributed by atoms with van der Waals surface area (Å²) in [6.07, 6.45) is 0.513. The molecule has 2 heterocycles. The number of fused-ring (bicyclic) bond motifs is 3. The number of amides is 1. The van der Waals surface area contributed by atoms with Crippen molar-refractivity contribution >= 4 is 11.7 Å². The van der Waals surface area contributed by atoms with E-state index >= 15 is 0 Å². The first-order valence-electron chi connectivity index (χ1n) is 7.67. The third-order valence-electron chi connectivity index (χ3n) is 4.88. The normalized spacial score (nSPS) is 31.6. The van der Waals surface area contributed by atoms with Gasteiger partial charge in [0.05, 0.1) is 0 Å². The average molecular weight is 311 g/mol. The van der Waals surface area contributed by atoms with Crippen molar-refractivity contribution in [2.24, 2.45) is 5.92 Å². The van der Waals surface area contributed by atoms with Crippen molar-refractivity contribution in [1.29, 1.82) is 0 Å². The molecule has 0 bridgehead atoms. The minimum atomic E-state index is -2.91. The summed E-state index contributed by atoms with van der Waals surface area (Å²) in [5.41, 5.74) is 2.94. The summed E-state index contributed by atoms with van der Waals surface area (Å²) in [7, 11) is 0. The number of rotatable bonds is 2. The molecular formula is C14H19F2N5O. The highest BCUT2D eigenvalue weighted by molar-refractivity contribution is 5.81. The molecule has 22 heavy (non-hydrogen) atoms. The summed E-state index contributed by atoms with van der Waals surface area (Å²) in [6, 6.07) is 0.185. The number of hydrogen-bond acceptors (Lipinski definition) is 4. The zero-order valence-electron chi connectivity index (χ0n) is 12.6. The van der Waals surface area contributed by atoms with E-state index in [1.165, 1.54) is 6.92 Å². The quantitative estimate of drug-likeness (QED) is 0.855. The molecule has 0 aromatic carbocycles. The number of alkyl halides is 2. The molecule has 1 unspecified atom stereocenters. The monoisotopic (exact) mass is 311 g/mol. The van der Waals surface area contributed by atoms with Crippen LogP contribution in [-0.2, 0) is 10.7 Å². The Balaban J connectivity index is 1.82. The van der Waals surface area contributed by atoms with E-state index in [2.05, 4.69) is 20.7 Å². The lowest BCUT2D eigenvalue weighted by atomic mass is 10.1. The van der Waals surface area contributed by atoms with E-state index in [4.69, 9.17) is 0 Å². The summed E-state index contributed by atoms with van der Waals surface area (Å²) >= 11 is 0. The van der Waals surface area contributed by atoms with E-state index in [0.717, 1.165) is 24.4 Å². The molecule has 2 fully saturated rings. The van der Waals surface area contributed by atoms with Crippen LogP contribution in [0.3, 0.4) is 0 Å². The first kappa shape index (κ1) is 13.9. The second-order valence-electron chi connectivity index (χ2n) is 6.48. The number of aromatic nitrogens is 2. The van der Waals surface area contributed by atoms with Gasteiger partial charge in [0, 0.05) is 44.1 Å². The van der Waals surface area contributed by atoms with Gasteiger partial charge >= 0.3 is 0 Å². The van der Waals surface area contributed by atoms with Crippen LogP contribution in [0.1, 0.15) is 37.4 Å². The largest absolute Gasteiger partial charge is 0.350 e. The zero-order chi connectivity index (χ0) is 15.6. The lowest BCUT2D eigenvalue weighted by Gasteiger charge is -2.34. The van der Waals surface area contributed by atoms with Gasteiger partial charge in [-0.15, -0.1) is 5.10 Å². The Bertz CT molecular complexity index is 643. The van der Waals surface area contributed by atoms with Crippen molar-refractivity contribution in [2.75, 3.05) is 30.0 Å². The molecular weight excluding hydrogens is 292 g/mol. The van der Waals surface area contributed by atoms with Gasteiger partial charge in [0.15, 0.2) is 5.82 Å². The summed E-state index contributed by atoms with van der Waals surface area (Å²) in [4.78, 5) is 14.4. The molecule has 2 aliphatic carbocycles. The number of anilines is 1. The molecule has 1 aliphatic heterocycles. The van der Waals surface area contributed by atoms with Crippen molar-refractivity contribution in [3.8, 4) is 0 Å². The van der Waals surface area contributed by atoms with Crippen LogP contribution in [0.15, 0.2) is 0 Å². The van der Waals surface area contributed by atoms with E-state index in [9.17, 15) is 13.6 Å². The van der Waals surface area contributed by atoms with Gasteiger partial charge in [-0.3, -0.25) is 4.79 Å². The minimum absolute atomic E-state index is 0.121. The summed E-state index contributed by atoms with van der Waals surface area (Å²) < 4.78 is 29.0. The van der Waals surface area contributed by atoms with Crippen LogP contribution in [0.5, 0.6) is 0 Å². The molecule has 120 valence electrons. The molecule has 4 rings (SSSR count). The van der Waals surface area contributed by atoms with Crippen LogP contribution < -0.4 is 15.6 Å². The fourth-order valence-electron chi connectivity index (χ4n) is 3.77. The number of carbonyl (C=O) groups excluding carboxylic acids is 1. The summed E-state index contributed by atoms with van der Waals surface area (Å²) in [5, 5.41) is 7.61. The fourth-order valence-corrected chi connectivity index (χ4v) is 3.77. The molecule has 8 heteroatoms. The number of halogens is 2. The number of piperazine rings is 1. The molecule has 1 saturated carbocycles. The lowest BCUT2D eigenvalue weighted by molar-refractivity contribution is -0.115.